The van der Waals surface area contributed by atoms with Crippen molar-refractivity contribution >= 4 is 17.4 Å². The molecule has 188 valence electrons. The number of unbranched alkanes of at least 4 members (excludes halogenated alkanes) is 5. The molecule has 0 aliphatic heterocycles. The molecule has 0 unspecified atom stereocenters. The van der Waals surface area contributed by atoms with Crippen molar-refractivity contribution in [2.45, 2.75) is 85.5 Å². The highest BCUT2D eigenvalue weighted by Crippen LogP contribution is 2.34. The third-order valence-corrected chi connectivity index (χ3v) is 5.68. The van der Waals surface area contributed by atoms with Gasteiger partial charge >= 0.3 is 5.97 Å². The normalized spacial score (nSPS) is 15.9. The Bertz CT molecular complexity index is 846. The number of nitrogens with one attached hydrogen (secondary N) is 2. The fourth-order valence-electron chi connectivity index (χ4n) is 3.54. The molecule has 0 aromatic rings. The Hall–Kier alpha value is -2.89. The van der Waals surface area contributed by atoms with Crippen LogP contribution in [0, 0.1) is 16.2 Å². The minimum Gasteiger partial charge on any atom is -0.506 e. The minimum absolute atomic E-state index is 0.148. The van der Waals surface area contributed by atoms with Crippen LogP contribution in [0.5, 0.6) is 0 Å². The summed E-state index contributed by atoms with van der Waals surface area (Å²) in [5.74, 6) is 0.0123. The summed E-state index contributed by atoms with van der Waals surface area (Å²) < 4.78 is 5.32. The minimum atomic E-state index is -0.163. The van der Waals surface area contributed by atoms with Gasteiger partial charge in [-0.1, -0.05) is 78.0 Å². The molecule has 2 aliphatic rings. The summed E-state index contributed by atoms with van der Waals surface area (Å²) in [4.78, 5) is 11.9. The van der Waals surface area contributed by atoms with Crippen LogP contribution in [0.25, 0.3) is 0 Å². The summed E-state index contributed by atoms with van der Waals surface area (Å²) in [6.07, 6.45) is 19.2. The maximum absolute atomic E-state index is 11.9. The monoisotopic (exact) mass is 469 g/mol. The molecule has 6 heteroatoms. The number of hydrogen-bond acceptors (Lipinski definition) is 6. The smallest absolute Gasteiger partial charge is 0.306 e. The molecule has 2 rings (SSSR count). The lowest BCUT2D eigenvalue weighted by molar-refractivity contribution is -0.143. The van der Waals surface area contributed by atoms with E-state index < -0.39 is 0 Å². The Morgan fingerprint density at radius 2 is 1.65 bits per heavy atom. The number of carbonyl (C=O) groups is 1. The van der Waals surface area contributed by atoms with Gasteiger partial charge in [0, 0.05) is 6.42 Å². The molecule has 0 amide bonds. The molecule has 0 aromatic carbocycles. The maximum Gasteiger partial charge on any atom is 0.306 e. The van der Waals surface area contributed by atoms with Crippen molar-refractivity contribution in [3.63, 3.8) is 0 Å². The summed E-state index contributed by atoms with van der Waals surface area (Å²) in [6, 6.07) is 0. The molecule has 0 heterocycles. The molecule has 0 spiro atoms. The van der Waals surface area contributed by atoms with Gasteiger partial charge in [0.15, 0.2) is 0 Å². The van der Waals surface area contributed by atoms with E-state index in [-0.39, 0.29) is 28.6 Å². The topological polar surface area (TPSA) is 120 Å². The van der Waals surface area contributed by atoms with Gasteiger partial charge in [-0.05, 0) is 54.1 Å². The van der Waals surface area contributed by atoms with Crippen LogP contribution in [0.1, 0.15) is 85.5 Å². The summed E-state index contributed by atoms with van der Waals surface area (Å²) in [5, 5.41) is 24.4. The van der Waals surface area contributed by atoms with E-state index in [0.717, 1.165) is 24.0 Å². The third kappa shape index (κ3) is 11.3. The number of aliphatic hydroxyl groups excluding tert-OH is 1. The Balaban J connectivity index is 0.000000605. The average molecular weight is 470 g/mol. The van der Waals surface area contributed by atoms with Gasteiger partial charge in [-0.15, -0.1) is 0 Å². The lowest BCUT2D eigenvalue weighted by Gasteiger charge is -2.23. The van der Waals surface area contributed by atoms with Crippen LogP contribution >= 0.6 is 0 Å². The van der Waals surface area contributed by atoms with Gasteiger partial charge < -0.3 is 15.6 Å². The van der Waals surface area contributed by atoms with Crippen LogP contribution in [0.4, 0.5) is 0 Å². The molecular weight excluding hydrogens is 426 g/mol. The van der Waals surface area contributed by atoms with Crippen LogP contribution in [0.3, 0.4) is 0 Å². The van der Waals surface area contributed by atoms with Gasteiger partial charge in [-0.2, -0.15) is 0 Å². The van der Waals surface area contributed by atoms with Gasteiger partial charge in [0.1, 0.15) is 5.76 Å². The Morgan fingerprint density at radius 3 is 2.21 bits per heavy atom. The predicted molar refractivity (Wildman–Crippen MR) is 141 cm³/mol. The van der Waals surface area contributed by atoms with Crippen molar-refractivity contribution in [2.75, 3.05) is 6.61 Å². The first kappa shape index (κ1) is 29.1. The second-order valence-electron chi connectivity index (χ2n) is 9.69. The predicted octanol–water partition coefficient (Wildman–Crippen LogP) is 6.85. The summed E-state index contributed by atoms with van der Waals surface area (Å²) in [7, 11) is 0. The number of aliphatic hydroxyl groups is 1. The van der Waals surface area contributed by atoms with Crippen LogP contribution in [-0.4, -0.2) is 29.1 Å². The number of rotatable bonds is 10. The fraction of sp³-hybridized carbons (Fsp3) is 0.536. The van der Waals surface area contributed by atoms with E-state index >= 15 is 0 Å². The molecule has 0 saturated heterocycles. The zero-order chi connectivity index (χ0) is 25.6. The fourth-order valence-corrected chi connectivity index (χ4v) is 3.54. The first-order valence-electron chi connectivity index (χ1n) is 12.3. The quantitative estimate of drug-likeness (QED) is 0.159. The van der Waals surface area contributed by atoms with Crippen molar-refractivity contribution in [1.82, 2.24) is 0 Å². The number of nitrogens with two attached hydrogens (primary N) is 1. The third-order valence-electron chi connectivity index (χ3n) is 5.68. The van der Waals surface area contributed by atoms with Crippen molar-refractivity contribution in [3.8, 4) is 0 Å². The molecule has 6 nitrogen and oxygen atoms in total. The van der Waals surface area contributed by atoms with Gasteiger partial charge in [-0.25, -0.2) is 0 Å². The molecule has 0 atom stereocenters. The van der Waals surface area contributed by atoms with Crippen molar-refractivity contribution in [3.05, 3.63) is 59.1 Å². The lowest BCUT2D eigenvalue weighted by atomic mass is 9.83. The summed E-state index contributed by atoms with van der Waals surface area (Å²) >= 11 is 0. The zero-order valence-corrected chi connectivity index (χ0v) is 21.4. The SMILES string of the molecule is CCCCCCCCOC(=O)CCC1=CCC(C(C)(C)C)=C(O)C(N)=C1.N=C1C=CC=CC1=N. The van der Waals surface area contributed by atoms with Crippen LogP contribution < -0.4 is 5.73 Å². The Labute approximate surface area is 205 Å². The van der Waals surface area contributed by atoms with E-state index in [1.807, 2.05) is 0 Å². The number of allylic oxidation sites excluding steroid dienone is 8. The molecule has 0 aromatic heterocycles. The standard InChI is InChI=1S/C22H37NO3.C6H6N2/c1-5-6-7-8-9-10-15-26-20(24)14-12-17-11-13-18(22(2,3)4)21(25)19(23)16-17;7-5-3-1-2-4-6(5)8/h11,16,25H,5-10,12-15,23H2,1-4H3;1-4,7-8H. The average Bonchev–Trinajstić information content (AvgIpc) is 2.92. The highest BCUT2D eigenvalue weighted by molar-refractivity contribution is 6.48. The number of ether oxygens (including phenoxy) is 1. The maximum atomic E-state index is 11.9. The summed E-state index contributed by atoms with van der Waals surface area (Å²) in [5.41, 5.74) is 8.70. The molecule has 0 fully saturated rings. The highest BCUT2D eigenvalue weighted by Gasteiger charge is 2.23. The van der Waals surface area contributed by atoms with Crippen molar-refractivity contribution in [1.29, 1.82) is 10.8 Å². The first-order valence-corrected chi connectivity index (χ1v) is 12.3. The van der Waals surface area contributed by atoms with Gasteiger partial charge in [0.25, 0.3) is 0 Å². The van der Waals surface area contributed by atoms with Crippen molar-refractivity contribution < 1.29 is 14.6 Å². The molecule has 5 N–H and O–H groups in total. The number of esters is 1. The lowest BCUT2D eigenvalue weighted by Crippen LogP contribution is -2.14. The molecule has 2 aliphatic carbocycles. The van der Waals surface area contributed by atoms with Gasteiger partial charge in [0.05, 0.1) is 23.7 Å². The Kier molecular flexibility index (Phi) is 12.9. The molecule has 0 radical (unpaired) electrons. The van der Waals surface area contributed by atoms with E-state index in [2.05, 4.69) is 33.8 Å². The van der Waals surface area contributed by atoms with Gasteiger partial charge in [0.2, 0.25) is 0 Å². The number of hydrogen-bond donors (Lipinski definition) is 4. The largest absolute Gasteiger partial charge is 0.506 e. The van der Waals surface area contributed by atoms with E-state index in [4.69, 9.17) is 21.3 Å². The van der Waals surface area contributed by atoms with Gasteiger partial charge in [-0.3, -0.25) is 15.6 Å². The van der Waals surface area contributed by atoms with Crippen LogP contribution in [0.15, 0.2) is 59.1 Å². The van der Waals surface area contributed by atoms with Crippen LogP contribution in [0.2, 0.25) is 0 Å². The zero-order valence-electron chi connectivity index (χ0n) is 21.4. The second-order valence-corrected chi connectivity index (χ2v) is 9.69. The van der Waals surface area contributed by atoms with Crippen LogP contribution in [-0.2, 0) is 9.53 Å². The van der Waals surface area contributed by atoms with E-state index in [1.54, 1.807) is 30.4 Å². The molecular formula is C28H43N3O3. The second kappa shape index (κ2) is 15.1. The molecule has 0 saturated carbocycles. The van der Waals surface area contributed by atoms with E-state index in [9.17, 15) is 9.90 Å². The Morgan fingerprint density at radius 1 is 1.06 bits per heavy atom. The van der Waals surface area contributed by atoms with E-state index in [0.29, 0.717) is 31.6 Å². The molecule has 34 heavy (non-hydrogen) atoms. The highest BCUT2D eigenvalue weighted by atomic mass is 16.5. The van der Waals surface area contributed by atoms with Crippen molar-refractivity contribution in [2.24, 2.45) is 11.1 Å². The summed E-state index contributed by atoms with van der Waals surface area (Å²) in [6.45, 7) is 8.90. The number of carbonyl (C=O) groups excluding carboxylic acids is 1. The first-order chi connectivity index (χ1) is 16.1. The van der Waals surface area contributed by atoms with E-state index in [1.165, 1.54) is 25.7 Å². The molecule has 0 bridgehead atoms.